The summed E-state index contributed by atoms with van der Waals surface area (Å²) in [4.78, 5) is 12.0. The number of nitrogens with zero attached hydrogens (tertiary/aromatic N) is 2. The molecule has 0 heterocycles. The number of nitrogens with one attached hydrogen (secondary N) is 1. The lowest BCUT2D eigenvalue weighted by atomic mass is 10.1. The Morgan fingerprint density at radius 3 is 2.73 bits per heavy atom. The Morgan fingerprint density at radius 2 is 2.12 bits per heavy atom. The topological polar surface area (TPSA) is 83.7 Å². The molecular weight excluding hydrogens is 337 g/mol. The Morgan fingerprint density at radius 1 is 1.35 bits per heavy atom. The smallest absolute Gasteiger partial charge is 0.274 e. The number of halogens is 1. The van der Waals surface area contributed by atoms with Gasteiger partial charge in [-0.05, 0) is 44.2 Å². The van der Waals surface area contributed by atoms with E-state index in [2.05, 4.69) is 10.5 Å². The highest BCUT2D eigenvalue weighted by Crippen LogP contribution is 2.30. The van der Waals surface area contributed by atoms with Gasteiger partial charge in [0.2, 0.25) is 0 Å². The molecule has 0 aliphatic heterocycles. The van der Waals surface area contributed by atoms with Crippen molar-refractivity contribution in [2.24, 2.45) is 5.10 Å². The van der Waals surface area contributed by atoms with E-state index >= 15 is 0 Å². The van der Waals surface area contributed by atoms with E-state index < -0.39 is 11.7 Å². The van der Waals surface area contributed by atoms with Crippen molar-refractivity contribution in [3.05, 3.63) is 58.9 Å². The largest absolute Gasteiger partial charge is 0.493 e. The van der Waals surface area contributed by atoms with Crippen LogP contribution in [0, 0.1) is 17.1 Å². The minimum absolute atomic E-state index is 0.0826. The van der Waals surface area contributed by atoms with Crippen LogP contribution in [0.2, 0.25) is 0 Å². The highest BCUT2D eigenvalue weighted by Gasteiger charge is 2.13. The predicted molar refractivity (Wildman–Crippen MR) is 94.9 cm³/mol. The number of hydrazone groups is 1. The van der Waals surface area contributed by atoms with Crippen molar-refractivity contribution < 1.29 is 18.7 Å². The van der Waals surface area contributed by atoms with Crippen molar-refractivity contribution in [1.29, 1.82) is 5.26 Å². The first-order valence-corrected chi connectivity index (χ1v) is 7.83. The fraction of sp³-hybridized carbons (Fsp3) is 0.211. The summed E-state index contributed by atoms with van der Waals surface area (Å²) in [6, 6.07) is 10.6. The SMILES string of the molecule is COc1cccc(/C=N\NC(=O)c2ccc(C#N)cc2F)c1OC(C)C. The molecule has 26 heavy (non-hydrogen) atoms. The number of hydrogen-bond donors (Lipinski definition) is 1. The van der Waals surface area contributed by atoms with Crippen molar-refractivity contribution in [2.75, 3.05) is 7.11 Å². The van der Waals surface area contributed by atoms with Crippen LogP contribution in [-0.4, -0.2) is 25.3 Å². The number of carbonyl (C=O) groups is 1. The molecule has 0 saturated carbocycles. The highest BCUT2D eigenvalue weighted by atomic mass is 19.1. The van der Waals surface area contributed by atoms with Gasteiger partial charge in [0.15, 0.2) is 11.5 Å². The molecule has 0 radical (unpaired) electrons. The summed E-state index contributed by atoms with van der Waals surface area (Å²) in [6.45, 7) is 3.76. The lowest BCUT2D eigenvalue weighted by Crippen LogP contribution is -2.19. The van der Waals surface area contributed by atoms with E-state index in [0.29, 0.717) is 17.1 Å². The van der Waals surface area contributed by atoms with Gasteiger partial charge in [-0.15, -0.1) is 0 Å². The van der Waals surface area contributed by atoms with Crippen LogP contribution in [0.25, 0.3) is 0 Å². The van der Waals surface area contributed by atoms with Crippen LogP contribution in [0.5, 0.6) is 11.5 Å². The molecule has 0 aliphatic rings. The monoisotopic (exact) mass is 355 g/mol. The molecule has 0 atom stereocenters. The molecule has 0 aromatic heterocycles. The molecule has 0 spiro atoms. The van der Waals surface area contributed by atoms with Crippen LogP contribution in [0.4, 0.5) is 4.39 Å². The average molecular weight is 355 g/mol. The predicted octanol–water partition coefficient (Wildman–Crippen LogP) is 3.26. The lowest BCUT2D eigenvalue weighted by Gasteiger charge is -2.15. The maximum absolute atomic E-state index is 13.8. The maximum Gasteiger partial charge on any atom is 0.274 e. The molecule has 2 aromatic rings. The minimum atomic E-state index is -0.790. The minimum Gasteiger partial charge on any atom is -0.493 e. The van der Waals surface area contributed by atoms with Crippen LogP contribution in [0.15, 0.2) is 41.5 Å². The van der Waals surface area contributed by atoms with Gasteiger partial charge in [-0.25, -0.2) is 9.82 Å². The van der Waals surface area contributed by atoms with Crippen molar-refractivity contribution >= 4 is 12.1 Å². The zero-order chi connectivity index (χ0) is 19.1. The molecule has 0 unspecified atom stereocenters. The fourth-order valence-corrected chi connectivity index (χ4v) is 2.15. The molecular formula is C19H18FN3O3. The summed E-state index contributed by atoms with van der Waals surface area (Å²) in [5.74, 6) is -0.487. The Kier molecular flexibility index (Phi) is 6.28. The Hall–Kier alpha value is -3.40. The third kappa shape index (κ3) is 4.57. The summed E-state index contributed by atoms with van der Waals surface area (Å²) >= 11 is 0. The average Bonchev–Trinajstić information content (AvgIpc) is 2.62. The van der Waals surface area contributed by atoms with Crippen molar-refractivity contribution in [1.82, 2.24) is 5.43 Å². The van der Waals surface area contributed by atoms with Gasteiger partial charge < -0.3 is 9.47 Å². The molecule has 0 aliphatic carbocycles. The first kappa shape index (κ1) is 18.9. The Bertz CT molecular complexity index is 873. The normalized spacial score (nSPS) is 10.6. The van der Waals surface area contributed by atoms with Gasteiger partial charge in [0.05, 0.1) is 36.6 Å². The summed E-state index contributed by atoms with van der Waals surface area (Å²) in [5, 5.41) is 12.6. The van der Waals surface area contributed by atoms with E-state index in [1.54, 1.807) is 24.3 Å². The van der Waals surface area contributed by atoms with Gasteiger partial charge in [-0.3, -0.25) is 4.79 Å². The first-order valence-electron chi connectivity index (χ1n) is 7.83. The van der Waals surface area contributed by atoms with E-state index in [1.807, 2.05) is 13.8 Å². The standard InChI is InChI=1S/C19H18FN3O3/c1-12(2)26-18-14(5-4-6-17(18)25-3)11-22-23-19(24)15-8-7-13(10-21)9-16(15)20/h4-9,11-12H,1-3H3,(H,23,24)/b22-11-. The molecule has 0 bridgehead atoms. The van der Waals surface area contributed by atoms with E-state index in [-0.39, 0.29) is 17.2 Å². The number of methoxy groups -OCH3 is 1. The highest BCUT2D eigenvalue weighted by molar-refractivity contribution is 5.95. The third-order valence-electron chi connectivity index (χ3n) is 3.30. The number of rotatable bonds is 6. The number of hydrogen-bond acceptors (Lipinski definition) is 5. The van der Waals surface area contributed by atoms with Gasteiger partial charge in [-0.2, -0.15) is 10.4 Å². The van der Waals surface area contributed by atoms with Gasteiger partial charge in [0, 0.05) is 5.56 Å². The number of benzene rings is 2. The number of amides is 1. The number of ether oxygens (including phenoxy) is 2. The van der Waals surface area contributed by atoms with Crippen LogP contribution >= 0.6 is 0 Å². The van der Waals surface area contributed by atoms with Crippen molar-refractivity contribution in [3.8, 4) is 17.6 Å². The third-order valence-corrected chi connectivity index (χ3v) is 3.30. The van der Waals surface area contributed by atoms with Gasteiger partial charge in [0.25, 0.3) is 5.91 Å². The number of carbonyl (C=O) groups excluding carboxylic acids is 1. The zero-order valence-corrected chi connectivity index (χ0v) is 14.6. The lowest BCUT2D eigenvalue weighted by molar-refractivity contribution is 0.0951. The van der Waals surface area contributed by atoms with Crippen molar-refractivity contribution in [3.63, 3.8) is 0 Å². The summed E-state index contributed by atoms with van der Waals surface area (Å²) < 4.78 is 24.8. The van der Waals surface area contributed by atoms with E-state index in [1.165, 1.54) is 25.5 Å². The van der Waals surface area contributed by atoms with E-state index in [9.17, 15) is 9.18 Å². The van der Waals surface area contributed by atoms with Crippen LogP contribution in [-0.2, 0) is 0 Å². The van der Waals surface area contributed by atoms with Gasteiger partial charge >= 0.3 is 0 Å². The molecule has 1 amide bonds. The van der Waals surface area contributed by atoms with Crippen LogP contribution < -0.4 is 14.9 Å². The van der Waals surface area contributed by atoms with Crippen molar-refractivity contribution in [2.45, 2.75) is 20.0 Å². The first-order chi connectivity index (χ1) is 12.5. The molecule has 7 heteroatoms. The molecule has 0 fully saturated rings. The van der Waals surface area contributed by atoms with Crippen LogP contribution in [0.3, 0.4) is 0 Å². The number of para-hydroxylation sites is 1. The molecule has 0 saturated heterocycles. The second kappa shape index (κ2) is 8.62. The molecule has 1 N–H and O–H groups in total. The molecule has 134 valence electrons. The number of nitriles is 1. The second-order valence-corrected chi connectivity index (χ2v) is 5.55. The van der Waals surface area contributed by atoms with E-state index in [4.69, 9.17) is 14.7 Å². The Labute approximate surface area is 150 Å². The summed E-state index contributed by atoms with van der Waals surface area (Å²) in [7, 11) is 1.53. The zero-order valence-electron chi connectivity index (χ0n) is 14.6. The molecule has 2 aromatic carbocycles. The molecule has 2 rings (SSSR count). The fourth-order valence-electron chi connectivity index (χ4n) is 2.15. The quantitative estimate of drug-likeness (QED) is 0.637. The second-order valence-electron chi connectivity index (χ2n) is 5.55. The maximum atomic E-state index is 13.8. The Balaban J connectivity index is 2.18. The van der Waals surface area contributed by atoms with E-state index in [0.717, 1.165) is 6.07 Å². The van der Waals surface area contributed by atoms with Gasteiger partial charge in [0.1, 0.15) is 5.82 Å². The summed E-state index contributed by atoms with van der Waals surface area (Å²) in [5.41, 5.74) is 2.78. The summed E-state index contributed by atoms with van der Waals surface area (Å²) in [6.07, 6.45) is 1.31. The molecule has 6 nitrogen and oxygen atoms in total. The van der Waals surface area contributed by atoms with Crippen LogP contribution in [0.1, 0.15) is 35.3 Å². The van der Waals surface area contributed by atoms with Gasteiger partial charge in [-0.1, -0.05) is 6.07 Å².